The van der Waals surface area contributed by atoms with E-state index in [-0.39, 0.29) is 5.54 Å². The molecule has 1 amide bonds. The Morgan fingerprint density at radius 2 is 2.09 bits per heavy atom. The normalized spacial score (nSPS) is 15.8. The summed E-state index contributed by atoms with van der Waals surface area (Å²) in [7, 11) is 0. The van der Waals surface area contributed by atoms with Crippen molar-refractivity contribution in [1.82, 2.24) is 5.32 Å². The van der Waals surface area contributed by atoms with Crippen molar-refractivity contribution < 1.29 is 19.1 Å². The van der Waals surface area contributed by atoms with Crippen LogP contribution in [0.3, 0.4) is 0 Å². The van der Waals surface area contributed by atoms with Crippen LogP contribution in [0.1, 0.15) is 44.0 Å². The van der Waals surface area contributed by atoms with E-state index >= 15 is 0 Å². The molecular formula is C16H20INO4. The van der Waals surface area contributed by atoms with Crippen LogP contribution in [0.2, 0.25) is 0 Å². The average molecular weight is 417 g/mol. The summed E-state index contributed by atoms with van der Waals surface area (Å²) >= 11 is 2.14. The Hall–Kier alpha value is -1.31. The molecule has 0 aromatic heterocycles. The smallest absolute Gasteiger partial charge is 0.408 e. The Kier molecular flexibility index (Phi) is 4.99. The van der Waals surface area contributed by atoms with Crippen molar-refractivity contribution in [2.24, 2.45) is 0 Å². The molecule has 0 spiro atoms. The Morgan fingerprint density at radius 1 is 1.41 bits per heavy atom. The number of hydrogen-bond donors (Lipinski definition) is 1. The lowest BCUT2D eigenvalue weighted by Crippen LogP contribution is -2.44. The van der Waals surface area contributed by atoms with Gasteiger partial charge >= 0.3 is 6.09 Å². The van der Waals surface area contributed by atoms with Crippen LogP contribution in [0.5, 0.6) is 5.75 Å². The maximum Gasteiger partial charge on any atom is 0.408 e. The van der Waals surface area contributed by atoms with Gasteiger partial charge in [0.15, 0.2) is 6.29 Å². The summed E-state index contributed by atoms with van der Waals surface area (Å²) in [6.07, 6.45) is 2.02. The van der Waals surface area contributed by atoms with Crippen LogP contribution < -0.4 is 10.1 Å². The lowest BCUT2D eigenvalue weighted by atomic mass is 10.2. The number of halogens is 1. The quantitative estimate of drug-likeness (QED) is 0.588. The number of aldehydes is 1. The predicted molar refractivity (Wildman–Crippen MR) is 91.4 cm³/mol. The summed E-state index contributed by atoms with van der Waals surface area (Å²) in [6, 6.07) is 5.42. The highest BCUT2D eigenvalue weighted by atomic mass is 127. The molecule has 5 nitrogen and oxygen atoms in total. The van der Waals surface area contributed by atoms with Gasteiger partial charge in [0.2, 0.25) is 0 Å². The number of carbonyl (C=O) groups excluding carboxylic acids is 2. The molecule has 2 rings (SSSR count). The molecule has 1 aliphatic rings. The SMILES string of the molecule is CC(C)(C)OC(=O)NC1(COc2ccc(I)cc2C=O)CC1. The highest BCUT2D eigenvalue weighted by Gasteiger charge is 2.46. The fourth-order valence-electron chi connectivity index (χ4n) is 1.94. The van der Waals surface area contributed by atoms with Gasteiger partial charge in [-0.05, 0) is 74.4 Å². The fraction of sp³-hybridized carbons (Fsp3) is 0.500. The molecule has 1 aliphatic carbocycles. The van der Waals surface area contributed by atoms with E-state index in [1.165, 1.54) is 0 Å². The highest BCUT2D eigenvalue weighted by molar-refractivity contribution is 14.1. The first kappa shape index (κ1) is 17.1. The number of hydrogen-bond acceptors (Lipinski definition) is 4. The Labute approximate surface area is 143 Å². The largest absolute Gasteiger partial charge is 0.490 e. The van der Waals surface area contributed by atoms with Crippen LogP contribution >= 0.6 is 22.6 Å². The number of benzene rings is 1. The van der Waals surface area contributed by atoms with Crippen molar-refractivity contribution >= 4 is 35.0 Å². The van der Waals surface area contributed by atoms with Crippen LogP contribution in [0.15, 0.2) is 18.2 Å². The van der Waals surface area contributed by atoms with Crippen LogP contribution in [0.4, 0.5) is 4.79 Å². The van der Waals surface area contributed by atoms with Crippen molar-refractivity contribution in [3.63, 3.8) is 0 Å². The van der Waals surface area contributed by atoms with Gasteiger partial charge < -0.3 is 14.8 Å². The molecular weight excluding hydrogens is 397 g/mol. The first-order valence-corrected chi connectivity index (χ1v) is 8.20. The van der Waals surface area contributed by atoms with E-state index in [4.69, 9.17) is 9.47 Å². The molecule has 0 unspecified atom stereocenters. The number of ether oxygens (including phenoxy) is 2. The maximum absolute atomic E-state index is 11.8. The molecule has 1 fully saturated rings. The van der Waals surface area contributed by atoms with Crippen LogP contribution in [-0.4, -0.2) is 30.1 Å². The van der Waals surface area contributed by atoms with Gasteiger partial charge in [0, 0.05) is 3.57 Å². The third-order valence-corrected chi connectivity index (χ3v) is 3.89. The van der Waals surface area contributed by atoms with E-state index < -0.39 is 11.7 Å². The third kappa shape index (κ3) is 4.86. The van der Waals surface area contributed by atoms with Gasteiger partial charge in [-0.3, -0.25) is 4.79 Å². The van der Waals surface area contributed by atoms with E-state index in [0.717, 1.165) is 22.7 Å². The first-order valence-electron chi connectivity index (χ1n) is 7.12. The summed E-state index contributed by atoms with van der Waals surface area (Å²) in [4.78, 5) is 22.9. The minimum atomic E-state index is -0.526. The zero-order valence-electron chi connectivity index (χ0n) is 12.9. The summed E-state index contributed by atoms with van der Waals surface area (Å²) in [5, 5.41) is 2.87. The van der Waals surface area contributed by atoms with Gasteiger partial charge in [0.05, 0.1) is 11.1 Å². The number of rotatable bonds is 5. The van der Waals surface area contributed by atoms with E-state index in [9.17, 15) is 9.59 Å². The molecule has 120 valence electrons. The maximum atomic E-state index is 11.8. The lowest BCUT2D eigenvalue weighted by molar-refractivity contribution is 0.0476. The molecule has 0 radical (unpaired) electrons. The number of amides is 1. The van der Waals surface area contributed by atoms with Gasteiger partial charge in [0.25, 0.3) is 0 Å². The third-order valence-electron chi connectivity index (χ3n) is 3.22. The van der Waals surface area contributed by atoms with Crippen LogP contribution in [-0.2, 0) is 4.74 Å². The van der Waals surface area contributed by atoms with Crippen LogP contribution in [0.25, 0.3) is 0 Å². The summed E-state index contributed by atoms with van der Waals surface area (Å²) in [6.45, 7) is 5.80. The zero-order chi connectivity index (χ0) is 16.4. The van der Waals surface area contributed by atoms with Gasteiger partial charge in [-0.2, -0.15) is 0 Å². The number of carbonyl (C=O) groups is 2. The predicted octanol–water partition coefficient (Wildman–Crippen LogP) is 3.54. The molecule has 1 aromatic rings. The molecule has 0 saturated heterocycles. The second-order valence-electron chi connectivity index (χ2n) is 6.50. The van der Waals surface area contributed by atoms with E-state index in [2.05, 4.69) is 27.9 Å². The van der Waals surface area contributed by atoms with Gasteiger partial charge in [-0.1, -0.05) is 0 Å². The molecule has 0 atom stereocenters. The molecule has 0 aliphatic heterocycles. The Bertz CT molecular complexity index is 576. The standard InChI is InChI=1S/C16H20INO4/c1-15(2,3)22-14(20)18-16(6-7-16)10-21-13-5-4-12(17)8-11(13)9-19/h4-5,8-9H,6-7,10H2,1-3H3,(H,18,20). The Balaban J connectivity index is 1.94. The second kappa shape index (κ2) is 6.44. The number of alkyl carbamates (subject to hydrolysis) is 1. The molecule has 1 aromatic carbocycles. The van der Waals surface area contributed by atoms with Crippen molar-refractivity contribution in [3.05, 3.63) is 27.3 Å². The van der Waals surface area contributed by atoms with Crippen molar-refractivity contribution in [1.29, 1.82) is 0 Å². The first-order chi connectivity index (χ1) is 10.2. The number of nitrogens with one attached hydrogen (secondary N) is 1. The van der Waals surface area contributed by atoms with E-state index in [1.807, 2.05) is 26.8 Å². The van der Waals surface area contributed by atoms with Gasteiger partial charge in [-0.25, -0.2) is 4.79 Å². The van der Waals surface area contributed by atoms with Gasteiger partial charge in [0.1, 0.15) is 18.0 Å². The molecule has 22 heavy (non-hydrogen) atoms. The average Bonchev–Trinajstić information content (AvgIpc) is 3.14. The minimum absolute atomic E-state index is 0.327. The second-order valence-corrected chi connectivity index (χ2v) is 7.74. The molecule has 6 heteroatoms. The van der Waals surface area contributed by atoms with Crippen molar-refractivity contribution in [2.45, 2.75) is 44.8 Å². The molecule has 0 bridgehead atoms. The highest BCUT2D eigenvalue weighted by Crippen LogP contribution is 2.36. The summed E-state index contributed by atoms with van der Waals surface area (Å²) < 4.78 is 12.0. The van der Waals surface area contributed by atoms with Crippen LogP contribution in [0, 0.1) is 3.57 Å². The van der Waals surface area contributed by atoms with Crippen molar-refractivity contribution in [2.75, 3.05) is 6.61 Å². The summed E-state index contributed by atoms with van der Waals surface area (Å²) in [5.41, 5.74) is -0.396. The topological polar surface area (TPSA) is 64.6 Å². The zero-order valence-corrected chi connectivity index (χ0v) is 15.1. The monoisotopic (exact) mass is 417 g/mol. The fourth-order valence-corrected chi connectivity index (χ4v) is 2.45. The van der Waals surface area contributed by atoms with Gasteiger partial charge in [-0.15, -0.1) is 0 Å². The van der Waals surface area contributed by atoms with E-state index in [0.29, 0.717) is 17.9 Å². The molecule has 0 heterocycles. The molecule has 1 saturated carbocycles. The lowest BCUT2D eigenvalue weighted by Gasteiger charge is -2.23. The summed E-state index contributed by atoms with van der Waals surface area (Å²) in [5.74, 6) is 0.535. The van der Waals surface area contributed by atoms with E-state index in [1.54, 1.807) is 12.1 Å². The molecule has 1 N–H and O–H groups in total. The minimum Gasteiger partial charge on any atom is -0.490 e. The van der Waals surface area contributed by atoms with Crippen molar-refractivity contribution in [3.8, 4) is 5.75 Å². The Morgan fingerprint density at radius 3 is 2.64 bits per heavy atom.